The van der Waals surface area contributed by atoms with Crippen LogP contribution in [0.4, 0.5) is 0 Å². The minimum absolute atomic E-state index is 0.0440. The van der Waals surface area contributed by atoms with E-state index in [9.17, 15) is 14.4 Å². The number of aromatic nitrogens is 1. The van der Waals surface area contributed by atoms with Crippen LogP contribution in [-0.2, 0) is 17.9 Å². The van der Waals surface area contributed by atoms with Gasteiger partial charge in [-0.3, -0.25) is 14.5 Å². The lowest BCUT2D eigenvalue weighted by molar-refractivity contribution is 0.0468. The molecule has 3 heterocycles. The zero-order chi connectivity index (χ0) is 19.0. The highest BCUT2D eigenvalue weighted by Gasteiger charge is 2.36. The molecule has 0 saturated heterocycles. The van der Waals surface area contributed by atoms with Gasteiger partial charge in [0.25, 0.3) is 11.8 Å². The number of carbonyl (C=O) groups is 3. The molecule has 0 fully saturated rings. The van der Waals surface area contributed by atoms with E-state index in [1.807, 2.05) is 12.3 Å². The summed E-state index contributed by atoms with van der Waals surface area (Å²) in [5.74, 6) is -0.948. The van der Waals surface area contributed by atoms with Crippen molar-refractivity contribution in [2.24, 2.45) is 0 Å². The lowest BCUT2D eigenvalue weighted by Crippen LogP contribution is -2.28. The van der Waals surface area contributed by atoms with Gasteiger partial charge in [-0.2, -0.15) is 0 Å². The van der Waals surface area contributed by atoms with Crippen LogP contribution in [0.15, 0.2) is 46.4 Å². The number of ether oxygens (including phenoxy) is 1. The largest absolute Gasteiger partial charge is 0.467 e. The number of fused-ring (bicyclic) bond motifs is 1. The van der Waals surface area contributed by atoms with E-state index in [0.29, 0.717) is 11.5 Å². The Morgan fingerprint density at radius 1 is 1.22 bits per heavy atom. The molecule has 4 rings (SSSR count). The Morgan fingerprint density at radius 2 is 2.04 bits per heavy atom. The highest BCUT2D eigenvalue weighted by atomic mass is 32.1. The quantitative estimate of drug-likeness (QED) is 0.497. The molecule has 0 N–H and O–H groups in total. The Hall–Kier alpha value is -3.26. The second-order valence-corrected chi connectivity index (χ2v) is 7.03. The van der Waals surface area contributed by atoms with Gasteiger partial charge in [-0.05, 0) is 37.3 Å². The number of hydrogen-bond acceptors (Lipinski definition) is 7. The molecule has 1 aromatic carbocycles. The fraction of sp³-hybridized carbons (Fsp3) is 0.158. The van der Waals surface area contributed by atoms with Crippen LogP contribution in [0.5, 0.6) is 0 Å². The Bertz CT molecular complexity index is 1040. The van der Waals surface area contributed by atoms with Crippen LogP contribution >= 0.6 is 11.3 Å². The van der Waals surface area contributed by atoms with Crippen LogP contribution in [-0.4, -0.2) is 27.7 Å². The maximum Gasteiger partial charge on any atom is 0.338 e. The Kier molecular flexibility index (Phi) is 4.33. The average molecular weight is 382 g/mol. The van der Waals surface area contributed by atoms with E-state index in [2.05, 4.69) is 4.98 Å². The third kappa shape index (κ3) is 3.26. The summed E-state index contributed by atoms with van der Waals surface area (Å²) < 4.78 is 10.4. The van der Waals surface area contributed by atoms with Crippen molar-refractivity contribution in [3.63, 3.8) is 0 Å². The molecular weight excluding hydrogens is 368 g/mol. The van der Waals surface area contributed by atoms with Gasteiger partial charge in [0.2, 0.25) is 0 Å². The van der Waals surface area contributed by atoms with Gasteiger partial charge < -0.3 is 9.15 Å². The second kappa shape index (κ2) is 6.81. The number of thiazole rings is 1. The number of rotatable bonds is 5. The lowest BCUT2D eigenvalue weighted by atomic mass is 10.1. The van der Waals surface area contributed by atoms with Crippen LogP contribution < -0.4 is 0 Å². The summed E-state index contributed by atoms with van der Waals surface area (Å²) >= 11 is 1.47. The lowest BCUT2D eigenvalue weighted by Gasteiger charge is -2.11. The van der Waals surface area contributed by atoms with Gasteiger partial charge >= 0.3 is 5.97 Å². The first-order chi connectivity index (χ1) is 13.0. The minimum atomic E-state index is -0.576. The number of imide groups is 1. The predicted octanol–water partition coefficient (Wildman–Crippen LogP) is 3.20. The number of nitrogens with zero attached hydrogens (tertiary/aromatic N) is 2. The van der Waals surface area contributed by atoms with Crippen molar-refractivity contribution in [2.45, 2.75) is 20.1 Å². The van der Waals surface area contributed by atoms with E-state index in [4.69, 9.17) is 9.15 Å². The summed E-state index contributed by atoms with van der Waals surface area (Å²) in [6.45, 7) is 1.97. The molecule has 0 bridgehead atoms. The third-order valence-corrected chi connectivity index (χ3v) is 4.94. The first-order valence-corrected chi connectivity index (χ1v) is 9.01. The zero-order valence-electron chi connectivity index (χ0n) is 14.3. The van der Waals surface area contributed by atoms with Crippen molar-refractivity contribution in [1.29, 1.82) is 0 Å². The molecule has 27 heavy (non-hydrogen) atoms. The van der Waals surface area contributed by atoms with Crippen LogP contribution in [0.1, 0.15) is 47.5 Å². The van der Waals surface area contributed by atoms with Gasteiger partial charge in [0.15, 0.2) is 0 Å². The summed E-state index contributed by atoms with van der Waals surface area (Å²) in [7, 11) is 0. The predicted molar refractivity (Wildman–Crippen MR) is 95.3 cm³/mol. The summed E-state index contributed by atoms with van der Waals surface area (Å²) in [5, 5.41) is 2.71. The van der Waals surface area contributed by atoms with Crippen molar-refractivity contribution in [3.8, 4) is 0 Å². The smallest absolute Gasteiger partial charge is 0.338 e. The van der Waals surface area contributed by atoms with Gasteiger partial charge in [0.05, 0.1) is 40.2 Å². The molecule has 0 atom stereocenters. The highest BCUT2D eigenvalue weighted by Crippen LogP contribution is 2.26. The number of aryl methyl sites for hydroxylation is 1. The fourth-order valence-electron chi connectivity index (χ4n) is 2.82. The molecule has 0 saturated carbocycles. The minimum Gasteiger partial charge on any atom is -0.467 e. The van der Waals surface area contributed by atoms with E-state index in [-0.39, 0.29) is 29.8 Å². The molecule has 1 aliphatic heterocycles. The average Bonchev–Trinajstić information content (AvgIpc) is 3.38. The standard InChI is InChI=1S/C19H14N2O5S/c1-11-20-13(10-27-11)9-26-19(24)12-4-5-15-16(7-12)18(23)21(17(15)22)8-14-3-2-6-25-14/h2-7,10H,8-9H2,1H3. The Balaban J connectivity index is 1.51. The van der Waals surface area contributed by atoms with Gasteiger partial charge in [-0.25, -0.2) is 9.78 Å². The molecule has 136 valence electrons. The fourth-order valence-corrected chi connectivity index (χ4v) is 3.41. The van der Waals surface area contributed by atoms with Crippen molar-refractivity contribution in [3.05, 3.63) is 75.1 Å². The maximum atomic E-state index is 12.6. The first-order valence-electron chi connectivity index (χ1n) is 8.13. The van der Waals surface area contributed by atoms with Crippen molar-refractivity contribution < 1.29 is 23.5 Å². The summed E-state index contributed by atoms with van der Waals surface area (Å²) in [5.41, 5.74) is 1.33. The molecule has 0 unspecified atom stereocenters. The Morgan fingerprint density at radius 3 is 2.74 bits per heavy atom. The van der Waals surface area contributed by atoms with Gasteiger partial charge in [-0.1, -0.05) is 0 Å². The third-order valence-electron chi connectivity index (χ3n) is 4.12. The number of esters is 1. The molecule has 2 aromatic heterocycles. The van der Waals surface area contributed by atoms with Crippen molar-refractivity contribution in [1.82, 2.24) is 9.88 Å². The Labute approximate surface area is 158 Å². The van der Waals surface area contributed by atoms with E-state index >= 15 is 0 Å². The zero-order valence-corrected chi connectivity index (χ0v) is 15.1. The number of hydrogen-bond donors (Lipinski definition) is 0. The normalized spacial score (nSPS) is 13.1. The molecule has 7 nitrogen and oxygen atoms in total. The van der Waals surface area contributed by atoms with Crippen LogP contribution in [0, 0.1) is 6.92 Å². The van der Waals surface area contributed by atoms with Crippen molar-refractivity contribution >= 4 is 29.1 Å². The second-order valence-electron chi connectivity index (χ2n) is 5.97. The molecule has 0 radical (unpaired) electrons. The van der Waals surface area contributed by atoms with Gasteiger partial charge in [0, 0.05) is 5.38 Å². The number of amides is 2. The molecule has 8 heteroatoms. The highest BCUT2D eigenvalue weighted by molar-refractivity contribution is 7.09. The SMILES string of the molecule is Cc1nc(COC(=O)c2ccc3c(c2)C(=O)N(Cc2ccco2)C3=O)cs1. The first kappa shape index (κ1) is 17.2. The van der Waals surface area contributed by atoms with E-state index in [1.165, 1.54) is 35.8 Å². The molecular formula is C19H14N2O5S. The number of carbonyl (C=O) groups excluding carboxylic acids is 3. The molecule has 1 aliphatic rings. The van der Waals surface area contributed by atoms with Crippen LogP contribution in [0.3, 0.4) is 0 Å². The van der Waals surface area contributed by atoms with Crippen LogP contribution in [0.25, 0.3) is 0 Å². The topological polar surface area (TPSA) is 89.7 Å². The maximum absolute atomic E-state index is 12.6. The number of benzene rings is 1. The van der Waals surface area contributed by atoms with E-state index < -0.39 is 17.8 Å². The van der Waals surface area contributed by atoms with Crippen molar-refractivity contribution in [2.75, 3.05) is 0 Å². The number of furan rings is 1. The molecule has 0 spiro atoms. The summed E-state index contributed by atoms with van der Waals surface area (Å²) in [6, 6.07) is 7.72. The van der Waals surface area contributed by atoms with E-state index in [1.54, 1.807) is 12.1 Å². The molecule has 2 amide bonds. The molecule has 0 aliphatic carbocycles. The monoisotopic (exact) mass is 382 g/mol. The van der Waals surface area contributed by atoms with Gasteiger partial charge in [-0.15, -0.1) is 11.3 Å². The van der Waals surface area contributed by atoms with Crippen LogP contribution in [0.2, 0.25) is 0 Å². The summed E-state index contributed by atoms with van der Waals surface area (Å²) in [6.07, 6.45) is 1.48. The van der Waals surface area contributed by atoms with E-state index in [0.717, 1.165) is 9.91 Å². The van der Waals surface area contributed by atoms with Gasteiger partial charge in [0.1, 0.15) is 12.4 Å². The molecule has 3 aromatic rings. The summed E-state index contributed by atoms with van der Waals surface area (Å²) in [4.78, 5) is 42.7.